The largest absolute Gasteiger partial charge is 0.293 e. The predicted molar refractivity (Wildman–Crippen MR) is 54.1 cm³/mol. The summed E-state index contributed by atoms with van der Waals surface area (Å²) in [6.07, 6.45) is 4.89. The van der Waals surface area contributed by atoms with Gasteiger partial charge in [0.1, 0.15) is 0 Å². The molecule has 0 aliphatic carbocycles. The van der Waals surface area contributed by atoms with Crippen LogP contribution in [-0.2, 0) is 0 Å². The van der Waals surface area contributed by atoms with E-state index in [0.29, 0.717) is 11.1 Å². The van der Waals surface area contributed by atoms with Crippen LogP contribution >= 0.6 is 0 Å². The van der Waals surface area contributed by atoms with Crippen molar-refractivity contribution >= 4 is 0 Å². The highest BCUT2D eigenvalue weighted by Gasteiger charge is 2.39. The van der Waals surface area contributed by atoms with E-state index in [-0.39, 0.29) is 0 Å². The van der Waals surface area contributed by atoms with E-state index < -0.39 is 0 Å². The molecule has 0 spiro atoms. The summed E-state index contributed by atoms with van der Waals surface area (Å²) in [5.41, 5.74) is 0.715. The van der Waals surface area contributed by atoms with Crippen LogP contribution in [0, 0.1) is 6.42 Å². The van der Waals surface area contributed by atoms with Gasteiger partial charge in [-0.2, -0.15) is 0 Å². The van der Waals surface area contributed by atoms with Crippen molar-refractivity contribution in [3.05, 3.63) is 6.42 Å². The van der Waals surface area contributed by atoms with E-state index in [0.717, 1.165) is 6.54 Å². The molecule has 1 rings (SSSR count). The Bertz CT molecular complexity index is 142. The van der Waals surface area contributed by atoms with Gasteiger partial charge >= 0.3 is 0 Å². The van der Waals surface area contributed by atoms with Crippen molar-refractivity contribution in [2.45, 2.75) is 58.5 Å². The fourth-order valence-corrected chi connectivity index (χ4v) is 2.67. The summed E-state index contributed by atoms with van der Waals surface area (Å²) in [5, 5.41) is 0. The third-order valence-electron chi connectivity index (χ3n) is 3.07. The maximum Gasteiger partial charge on any atom is 0.0161 e. The number of nitrogens with zero attached hydrogens (tertiary/aromatic N) is 1. The number of hydrogen-bond acceptors (Lipinski definition) is 1. The average Bonchev–Trinajstić information content (AvgIpc) is 1.83. The van der Waals surface area contributed by atoms with Crippen molar-refractivity contribution in [2.75, 3.05) is 6.54 Å². The lowest BCUT2D eigenvalue weighted by molar-refractivity contribution is -0.00266. The van der Waals surface area contributed by atoms with Gasteiger partial charge in [-0.05, 0) is 53.5 Å². The molecule has 1 radical (unpaired) electrons. The second kappa shape index (κ2) is 3.02. The molecule has 0 aromatic heterocycles. The lowest BCUT2D eigenvalue weighted by Gasteiger charge is -2.52. The summed E-state index contributed by atoms with van der Waals surface area (Å²) in [6, 6.07) is 0. The highest BCUT2D eigenvalue weighted by molar-refractivity contribution is 5.02. The van der Waals surface area contributed by atoms with Crippen LogP contribution in [0.15, 0.2) is 0 Å². The molecule has 1 heteroatoms. The molecule has 0 bridgehead atoms. The maximum atomic E-state index is 2.61. The zero-order valence-electron chi connectivity index (χ0n) is 9.15. The molecule has 1 aliphatic rings. The molecule has 0 amide bonds. The highest BCUT2D eigenvalue weighted by Crippen LogP contribution is 2.36. The van der Waals surface area contributed by atoms with Gasteiger partial charge < -0.3 is 0 Å². The molecule has 0 N–H and O–H groups in total. The lowest BCUT2D eigenvalue weighted by Crippen LogP contribution is -2.58. The van der Waals surface area contributed by atoms with E-state index >= 15 is 0 Å². The second-order valence-electron chi connectivity index (χ2n) is 5.07. The van der Waals surface area contributed by atoms with E-state index in [1.54, 1.807) is 0 Å². The Labute approximate surface area is 77.1 Å². The van der Waals surface area contributed by atoms with Crippen LogP contribution in [0.5, 0.6) is 0 Å². The molecule has 1 fully saturated rings. The van der Waals surface area contributed by atoms with E-state index in [1.165, 1.54) is 12.8 Å². The number of likely N-dealkylation sites (tertiary alicyclic amines) is 1. The summed E-state index contributed by atoms with van der Waals surface area (Å²) in [6.45, 7) is 12.8. The van der Waals surface area contributed by atoms with Gasteiger partial charge in [-0.3, -0.25) is 4.90 Å². The maximum absolute atomic E-state index is 2.61. The summed E-state index contributed by atoms with van der Waals surface area (Å²) in [5.74, 6) is 0. The molecular formula is C11H22N. The molecule has 1 heterocycles. The number of hydrogen-bond donors (Lipinski definition) is 0. The summed E-state index contributed by atoms with van der Waals surface area (Å²) >= 11 is 0. The minimum atomic E-state index is 0.358. The predicted octanol–water partition coefficient (Wildman–Crippen LogP) is 2.86. The first-order valence-corrected chi connectivity index (χ1v) is 4.99. The van der Waals surface area contributed by atoms with Gasteiger partial charge in [-0.15, -0.1) is 0 Å². The summed E-state index contributed by atoms with van der Waals surface area (Å²) in [4.78, 5) is 2.61. The third-order valence-corrected chi connectivity index (χ3v) is 3.07. The first-order chi connectivity index (χ1) is 5.40. The summed E-state index contributed by atoms with van der Waals surface area (Å²) in [7, 11) is 0. The Hall–Kier alpha value is -0.0400. The number of piperidine rings is 1. The molecule has 0 saturated carbocycles. The van der Waals surface area contributed by atoms with Crippen LogP contribution in [-0.4, -0.2) is 22.5 Å². The Morgan fingerprint density at radius 2 is 1.50 bits per heavy atom. The van der Waals surface area contributed by atoms with Gasteiger partial charge in [0.05, 0.1) is 0 Å². The normalized spacial score (nSPS) is 28.8. The van der Waals surface area contributed by atoms with Gasteiger partial charge in [0.15, 0.2) is 0 Å². The van der Waals surface area contributed by atoms with Crippen molar-refractivity contribution in [2.24, 2.45) is 0 Å². The van der Waals surface area contributed by atoms with Crippen LogP contribution < -0.4 is 0 Å². The van der Waals surface area contributed by atoms with Gasteiger partial charge in [0.2, 0.25) is 0 Å². The van der Waals surface area contributed by atoms with Gasteiger partial charge in [0.25, 0.3) is 0 Å². The average molecular weight is 168 g/mol. The minimum Gasteiger partial charge on any atom is -0.293 e. The first-order valence-electron chi connectivity index (χ1n) is 4.99. The molecule has 1 aliphatic heterocycles. The monoisotopic (exact) mass is 168 g/mol. The Kier molecular flexibility index (Phi) is 2.53. The lowest BCUT2D eigenvalue weighted by atomic mass is 9.80. The molecule has 12 heavy (non-hydrogen) atoms. The van der Waals surface area contributed by atoms with E-state index in [2.05, 4.69) is 45.9 Å². The van der Waals surface area contributed by atoms with E-state index in [9.17, 15) is 0 Å². The zero-order chi connectivity index (χ0) is 9.41. The zero-order valence-corrected chi connectivity index (χ0v) is 9.15. The third kappa shape index (κ3) is 1.66. The second-order valence-corrected chi connectivity index (χ2v) is 5.07. The van der Waals surface area contributed by atoms with Crippen LogP contribution in [0.4, 0.5) is 0 Å². The Morgan fingerprint density at radius 1 is 1.08 bits per heavy atom. The van der Waals surface area contributed by atoms with Crippen LogP contribution in [0.25, 0.3) is 0 Å². The quantitative estimate of drug-likeness (QED) is 0.582. The fraction of sp³-hybridized carbons (Fsp3) is 0.909. The SMILES string of the molecule is CCN1C(C)(C)C[CH]CC1(C)C. The number of rotatable bonds is 1. The molecule has 0 aromatic rings. The Balaban J connectivity index is 2.81. The molecule has 0 aromatic carbocycles. The van der Waals surface area contributed by atoms with Gasteiger partial charge in [-0.25, -0.2) is 0 Å². The van der Waals surface area contributed by atoms with Crippen molar-refractivity contribution < 1.29 is 0 Å². The highest BCUT2D eigenvalue weighted by atomic mass is 15.2. The van der Waals surface area contributed by atoms with Crippen molar-refractivity contribution in [1.29, 1.82) is 0 Å². The first kappa shape index (κ1) is 10.0. The van der Waals surface area contributed by atoms with Crippen molar-refractivity contribution in [3.8, 4) is 0 Å². The van der Waals surface area contributed by atoms with Crippen molar-refractivity contribution in [1.82, 2.24) is 4.90 Å². The minimum absolute atomic E-state index is 0.358. The molecule has 0 unspecified atom stereocenters. The van der Waals surface area contributed by atoms with Crippen molar-refractivity contribution in [3.63, 3.8) is 0 Å². The van der Waals surface area contributed by atoms with Crippen LogP contribution in [0.3, 0.4) is 0 Å². The van der Waals surface area contributed by atoms with Gasteiger partial charge in [0, 0.05) is 11.1 Å². The van der Waals surface area contributed by atoms with E-state index in [1.807, 2.05) is 0 Å². The van der Waals surface area contributed by atoms with Crippen LogP contribution in [0.1, 0.15) is 47.5 Å². The Morgan fingerprint density at radius 3 is 1.75 bits per heavy atom. The molecule has 71 valence electrons. The molecule has 1 nitrogen and oxygen atoms in total. The molecule has 0 atom stereocenters. The smallest absolute Gasteiger partial charge is 0.0161 e. The fourth-order valence-electron chi connectivity index (χ4n) is 2.67. The standard InChI is InChI=1S/C11H22N/c1-6-12-10(2,3)8-7-9-11(12,4)5/h7H,6,8-9H2,1-5H3. The topological polar surface area (TPSA) is 3.24 Å². The molecule has 1 saturated heterocycles. The van der Waals surface area contributed by atoms with Gasteiger partial charge in [-0.1, -0.05) is 6.92 Å². The van der Waals surface area contributed by atoms with Crippen LogP contribution in [0.2, 0.25) is 0 Å². The van der Waals surface area contributed by atoms with E-state index in [4.69, 9.17) is 0 Å². The molecular weight excluding hydrogens is 146 g/mol. The summed E-state index contributed by atoms with van der Waals surface area (Å²) < 4.78 is 0.